The van der Waals surface area contributed by atoms with E-state index in [1.165, 1.54) is 6.42 Å². The topological polar surface area (TPSA) is 72.2 Å². The van der Waals surface area contributed by atoms with Crippen LogP contribution in [0.4, 0.5) is 0 Å². The van der Waals surface area contributed by atoms with Gasteiger partial charge in [0.15, 0.2) is 0 Å². The van der Waals surface area contributed by atoms with Gasteiger partial charge in [0.25, 0.3) is 10.2 Å². The van der Waals surface area contributed by atoms with Crippen LogP contribution in [0.15, 0.2) is 0 Å². The molecule has 4 nitrogen and oxygen atoms in total. The summed E-state index contributed by atoms with van der Waals surface area (Å²) in [5.41, 5.74) is -0.383. The van der Waals surface area contributed by atoms with Crippen molar-refractivity contribution in [2.75, 3.05) is 0 Å². The summed E-state index contributed by atoms with van der Waals surface area (Å²) in [5.74, 6) is 0.441. The minimum Gasteiger partial charge on any atom is -0.216 e. The Labute approximate surface area is 73.7 Å². The lowest BCUT2D eigenvalue weighted by molar-refractivity contribution is 0.182. The number of hydrogen-bond donors (Lipinski definition) is 2. The van der Waals surface area contributed by atoms with Gasteiger partial charge in [-0.25, -0.2) is 5.14 Å². The molecule has 0 aromatic carbocycles. The van der Waals surface area contributed by atoms with Crippen LogP contribution in [-0.2, 0) is 10.2 Å². The van der Waals surface area contributed by atoms with E-state index in [9.17, 15) is 8.42 Å². The fourth-order valence-corrected chi connectivity index (χ4v) is 2.48. The molecule has 1 aliphatic carbocycles. The first-order valence-corrected chi connectivity index (χ1v) is 5.67. The standard InChI is InChI=1S/C7H16N2O2S/c1-7(2,6-4-3-5-6)9-12(8,10)11/h6,9H,3-5H2,1-2H3,(H2,8,10,11). The average Bonchev–Trinajstić information content (AvgIpc) is 1.45. The molecule has 72 valence electrons. The zero-order valence-electron chi connectivity index (χ0n) is 7.50. The van der Waals surface area contributed by atoms with E-state index >= 15 is 0 Å². The van der Waals surface area contributed by atoms with Crippen LogP contribution in [0.1, 0.15) is 33.1 Å². The van der Waals surface area contributed by atoms with Crippen LogP contribution in [0, 0.1) is 5.92 Å². The highest BCUT2D eigenvalue weighted by atomic mass is 32.2. The number of rotatable bonds is 3. The molecular weight excluding hydrogens is 176 g/mol. The quantitative estimate of drug-likeness (QED) is 0.677. The van der Waals surface area contributed by atoms with Crippen molar-refractivity contribution in [3.63, 3.8) is 0 Å². The second kappa shape index (κ2) is 2.97. The average molecular weight is 192 g/mol. The van der Waals surface area contributed by atoms with E-state index in [-0.39, 0.29) is 5.54 Å². The van der Waals surface area contributed by atoms with Crippen molar-refractivity contribution in [3.8, 4) is 0 Å². The Hall–Kier alpha value is -0.130. The molecule has 0 unspecified atom stereocenters. The zero-order valence-corrected chi connectivity index (χ0v) is 8.32. The highest BCUT2D eigenvalue weighted by molar-refractivity contribution is 7.87. The van der Waals surface area contributed by atoms with Crippen molar-refractivity contribution < 1.29 is 8.42 Å². The molecule has 12 heavy (non-hydrogen) atoms. The van der Waals surface area contributed by atoms with Gasteiger partial charge in [-0.1, -0.05) is 6.42 Å². The Morgan fingerprint density at radius 2 is 1.92 bits per heavy atom. The summed E-state index contributed by atoms with van der Waals surface area (Å²) in [5, 5.41) is 4.90. The number of hydrogen-bond acceptors (Lipinski definition) is 2. The van der Waals surface area contributed by atoms with Gasteiger partial charge in [0.2, 0.25) is 0 Å². The Bertz CT molecular complexity index is 255. The Kier molecular flexibility index (Phi) is 2.47. The van der Waals surface area contributed by atoms with Gasteiger partial charge < -0.3 is 0 Å². The molecule has 1 fully saturated rings. The summed E-state index contributed by atoms with van der Waals surface area (Å²) < 4.78 is 24.0. The second-order valence-corrected chi connectivity index (χ2v) is 5.29. The first kappa shape index (κ1) is 9.95. The molecule has 0 heterocycles. The van der Waals surface area contributed by atoms with E-state index < -0.39 is 10.2 Å². The van der Waals surface area contributed by atoms with Gasteiger partial charge >= 0.3 is 0 Å². The van der Waals surface area contributed by atoms with Crippen LogP contribution in [0.25, 0.3) is 0 Å². The van der Waals surface area contributed by atoms with Gasteiger partial charge in [-0.2, -0.15) is 13.1 Å². The summed E-state index contributed by atoms with van der Waals surface area (Å²) >= 11 is 0. The van der Waals surface area contributed by atoms with Gasteiger partial charge in [0, 0.05) is 5.54 Å². The van der Waals surface area contributed by atoms with Crippen LogP contribution in [0.2, 0.25) is 0 Å². The van der Waals surface area contributed by atoms with E-state index in [0.29, 0.717) is 5.92 Å². The highest BCUT2D eigenvalue weighted by Gasteiger charge is 2.35. The van der Waals surface area contributed by atoms with E-state index in [1.54, 1.807) is 0 Å². The van der Waals surface area contributed by atoms with E-state index in [4.69, 9.17) is 5.14 Å². The first-order chi connectivity index (χ1) is 5.31. The fourth-order valence-electron chi connectivity index (χ4n) is 1.58. The van der Waals surface area contributed by atoms with Crippen LogP contribution < -0.4 is 9.86 Å². The summed E-state index contributed by atoms with van der Waals surface area (Å²) in [6.45, 7) is 3.75. The molecule has 1 saturated carbocycles. The maximum atomic E-state index is 10.8. The zero-order chi connectivity index (χ0) is 9.41. The normalized spacial score (nSPS) is 20.6. The third kappa shape index (κ3) is 2.43. The van der Waals surface area contributed by atoms with Crippen LogP contribution in [0.5, 0.6) is 0 Å². The SMILES string of the molecule is CC(C)(NS(N)(=O)=O)C1CCC1. The molecule has 0 amide bonds. The van der Waals surface area contributed by atoms with Crippen molar-refractivity contribution in [1.29, 1.82) is 0 Å². The highest BCUT2D eigenvalue weighted by Crippen LogP contribution is 2.35. The Morgan fingerprint density at radius 3 is 2.17 bits per heavy atom. The van der Waals surface area contributed by atoms with Crippen molar-refractivity contribution in [3.05, 3.63) is 0 Å². The minimum absolute atomic E-state index is 0.383. The monoisotopic (exact) mass is 192 g/mol. The summed E-state index contributed by atoms with van der Waals surface area (Å²) in [6, 6.07) is 0. The molecule has 1 rings (SSSR count). The van der Waals surface area contributed by atoms with Gasteiger partial charge in [0.05, 0.1) is 0 Å². The van der Waals surface area contributed by atoms with Crippen LogP contribution >= 0.6 is 0 Å². The number of nitrogens with one attached hydrogen (secondary N) is 1. The maximum absolute atomic E-state index is 10.8. The summed E-state index contributed by atoms with van der Waals surface area (Å²) in [4.78, 5) is 0. The third-order valence-corrected chi connectivity index (χ3v) is 3.34. The molecule has 1 aliphatic rings. The predicted octanol–water partition coefficient (Wildman–Crippen LogP) is 0.358. The smallest absolute Gasteiger partial charge is 0.216 e. The van der Waals surface area contributed by atoms with Crippen molar-refractivity contribution >= 4 is 10.2 Å². The summed E-state index contributed by atoms with van der Waals surface area (Å²) in [6.07, 6.45) is 3.38. The molecule has 0 aromatic heterocycles. The van der Waals surface area contributed by atoms with Gasteiger partial charge in [-0.05, 0) is 32.6 Å². The predicted molar refractivity (Wildman–Crippen MR) is 47.7 cm³/mol. The molecule has 0 spiro atoms. The largest absolute Gasteiger partial charge is 0.274 e. The second-order valence-electron chi connectivity index (χ2n) is 4.00. The Balaban J connectivity index is 2.59. The van der Waals surface area contributed by atoms with Gasteiger partial charge in [-0.15, -0.1) is 0 Å². The van der Waals surface area contributed by atoms with Crippen LogP contribution in [0.3, 0.4) is 0 Å². The lowest BCUT2D eigenvalue weighted by Crippen LogP contribution is -2.53. The molecule has 0 bridgehead atoms. The van der Waals surface area contributed by atoms with Crippen molar-refractivity contribution in [2.45, 2.75) is 38.6 Å². The van der Waals surface area contributed by atoms with E-state index in [1.807, 2.05) is 13.8 Å². The fraction of sp³-hybridized carbons (Fsp3) is 1.00. The van der Waals surface area contributed by atoms with Crippen molar-refractivity contribution in [1.82, 2.24) is 4.72 Å². The van der Waals surface area contributed by atoms with Gasteiger partial charge in [0.1, 0.15) is 0 Å². The number of nitrogens with two attached hydrogens (primary N) is 1. The van der Waals surface area contributed by atoms with Crippen molar-refractivity contribution in [2.24, 2.45) is 11.1 Å². The molecule has 0 aromatic rings. The summed E-state index contributed by atoms with van der Waals surface area (Å²) in [7, 11) is -3.55. The first-order valence-electron chi connectivity index (χ1n) is 4.13. The molecule has 0 radical (unpaired) electrons. The van der Waals surface area contributed by atoms with E-state index in [2.05, 4.69) is 4.72 Å². The lowest BCUT2D eigenvalue weighted by Gasteiger charge is -2.40. The molecule has 0 saturated heterocycles. The molecular formula is C7H16N2O2S. The Morgan fingerprint density at radius 1 is 1.42 bits per heavy atom. The molecule has 5 heteroatoms. The minimum atomic E-state index is -3.55. The molecule has 3 N–H and O–H groups in total. The van der Waals surface area contributed by atoms with Crippen LogP contribution in [-0.4, -0.2) is 14.0 Å². The third-order valence-electron chi connectivity index (χ3n) is 2.53. The lowest BCUT2D eigenvalue weighted by atomic mass is 9.73. The maximum Gasteiger partial charge on any atom is 0.274 e. The molecule has 0 atom stereocenters. The van der Waals surface area contributed by atoms with E-state index in [0.717, 1.165) is 12.8 Å². The molecule has 0 aliphatic heterocycles. The van der Waals surface area contributed by atoms with Gasteiger partial charge in [-0.3, -0.25) is 0 Å².